The maximum Gasteiger partial charge on any atom is 0.312 e. The van der Waals surface area contributed by atoms with Crippen LogP contribution in [-0.4, -0.2) is 30.4 Å². The Morgan fingerprint density at radius 1 is 1.30 bits per heavy atom. The number of carbonyl (C=O) groups excluding carboxylic acids is 3. The lowest BCUT2D eigenvalue weighted by molar-refractivity contribution is -0.133. The molecule has 0 bridgehead atoms. The normalized spacial score (nSPS) is 16.8. The molecule has 1 aromatic carbocycles. The molecule has 4 amide bonds. The molecule has 7 nitrogen and oxygen atoms in total. The zero-order valence-corrected chi connectivity index (χ0v) is 10.8. The van der Waals surface area contributed by atoms with Gasteiger partial charge in [-0.25, -0.2) is 4.79 Å². The van der Waals surface area contributed by atoms with Crippen molar-refractivity contribution in [1.29, 1.82) is 0 Å². The summed E-state index contributed by atoms with van der Waals surface area (Å²) in [7, 11) is 0. The number of hydrogen-bond acceptors (Lipinski definition) is 3. The molecule has 1 saturated heterocycles. The molecular weight excluding hydrogens is 260 g/mol. The van der Waals surface area contributed by atoms with Crippen LogP contribution >= 0.6 is 0 Å². The second-order valence-electron chi connectivity index (χ2n) is 4.53. The SMILES string of the molecule is NC(=O)NCc1ccccc1CC(=O)NC1CNC1=O. The Kier molecular flexibility index (Phi) is 4.19. The smallest absolute Gasteiger partial charge is 0.312 e. The molecule has 1 aliphatic heterocycles. The largest absolute Gasteiger partial charge is 0.352 e. The number of nitrogens with one attached hydrogen (secondary N) is 3. The topological polar surface area (TPSA) is 113 Å². The minimum atomic E-state index is -0.615. The summed E-state index contributed by atoms with van der Waals surface area (Å²) in [4.78, 5) is 33.6. The highest BCUT2D eigenvalue weighted by molar-refractivity contribution is 5.92. The van der Waals surface area contributed by atoms with Crippen molar-refractivity contribution in [2.75, 3.05) is 6.54 Å². The first-order valence-corrected chi connectivity index (χ1v) is 6.23. The van der Waals surface area contributed by atoms with Crippen LogP contribution in [0.1, 0.15) is 11.1 Å². The molecule has 0 aliphatic carbocycles. The van der Waals surface area contributed by atoms with Crippen molar-refractivity contribution in [3.63, 3.8) is 0 Å². The third-order valence-electron chi connectivity index (χ3n) is 3.05. The predicted molar refractivity (Wildman–Crippen MR) is 71.5 cm³/mol. The van der Waals surface area contributed by atoms with Crippen LogP contribution in [0.25, 0.3) is 0 Å². The summed E-state index contributed by atoms with van der Waals surface area (Å²) in [6.45, 7) is 0.734. The Bertz CT molecular complexity index is 544. The van der Waals surface area contributed by atoms with E-state index in [9.17, 15) is 14.4 Å². The van der Waals surface area contributed by atoms with Gasteiger partial charge in [0, 0.05) is 13.1 Å². The molecule has 1 atom stereocenters. The average Bonchev–Trinajstić information content (AvgIpc) is 2.42. The number of carbonyl (C=O) groups is 3. The molecule has 1 aliphatic rings. The van der Waals surface area contributed by atoms with E-state index in [4.69, 9.17) is 5.73 Å². The molecule has 20 heavy (non-hydrogen) atoms. The van der Waals surface area contributed by atoms with Crippen LogP contribution < -0.4 is 21.7 Å². The molecule has 0 radical (unpaired) electrons. The van der Waals surface area contributed by atoms with E-state index in [1.54, 1.807) is 6.07 Å². The number of hydrogen-bond donors (Lipinski definition) is 4. The van der Waals surface area contributed by atoms with Crippen LogP contribution in [0.2, 0.25) is 0 Å². The third kappa shape index (κ3) is 3.47. The van der Waals surface area contributed by atoms with Crippen LogP contribution in [0, 0.1) is 0 Å². The van der Waals surface area contributed by atoms with Crippen LogP contribution in [-0.2, 0) is 22.6 Å². The van der Waals surface area contributed by atoms with Crippen molar-refractivity contribution in [3.05, 3.63) is 35.4 Å². The minimum absolute atomic E-state index is 0.153. The van der Waals surface area contributed by atoms with Crippen LogP contribution in [0.5, 0.6) is 0 Å². The Hall–Kier alpha value is -2.57. The molecule has 1 aromatic rings. The molecule has 0 aromatic heterocycles. The highest BCUT2D eigenvalue weighted by Gasteiger charge is 2.28. The van der Waals surface area contributed by atoms with Gasteiger partial charge in [-0.2, -0.15) is 0 Å². The molecule has 2 rings (SSSR count). The van der Waals surface area contributed by atoms with E-state index in [0.29, 0.717) is 6.54 Å². The van der Waals surface area contributed by atoms with E-state index in [1.807, 2.05) is 18.2 Å². The molecule has 1 fully saturated rings. The summed E-state index contributed by atoms with van der Waals surface area (Å²) in [5.41, 5.74) is 6.63. The molecule has 106 valence electrons. The fourth-order valence-electron chi connectivity index (χ4n) is 1.91. The van der Waals surface area contributed by atoms with Gasteiger partial charge in [-0.05, 0) is 11.1 Å². The first kappa shape index (κ1) is 13.9. The lowest BCUT2D eigenvalue weighted by Gasteiger charge is -2.26. The van der Waals surface area contributed by atoms with E-state index in [2.05, 4.69) is 16.0 Å². The molecule has 0 spiro atoms. The Morgan fingerprint density at radius 2 is 2.00 bits per heavy atom. The molecule has 7 heteroatoms. The molecular formula is C13H16N4O3. The second kappa shape index (κ2) is 6.05. The second-order valence-corrected chi connectivity index (χ2v) is 4.53. The van der Waals surface area contributed by atoms with E-state index in [1.165, 1.54) is 0 Å². The summed E-state index contributed by atoms with van der Waals surface area (Å²) < 4.78 is 0. The lowest BCUT2D eigenvalue weighted by atomic mass is 10.0. The van der Waals surface area contributed by atoms with E-state index < -0.39 is 12.1 Å². The van der Waals surface area contributed by atoms with Gasteiger partial charge in [-0.3, -0.25) is 9.59 Å². The number of rotatable bonds is 5. The van der Waals surface area contributed by atoms with E-state index in [-0.39, 0.29) is 24.8 Å². The zero-order valence-electron chi connectivity index (χ0n) is 10.8. The summed E-state index contributed by atoms with van der Waals surface area (Å²) >= 11 is 0. The first-order valence-electron chi connectivity index (χ1n) is 6.23. The summed E-state index contributed by atoms with van der Waals surface area (Å²) in [6.07, 6.45) is 0.153. The van der Waals surface area contributed by atoms with Crippen molar-refractivity contribution in [2.24, 2.45) is 5.73 Å². The molecule has 5 N–H and O–H groups in total. The van der Waals surface area contributed by atoms with Crippen molar-refractivity contribution in [1.82, 2.24) is 16.0 Å². The van der Waals surface area contributed by atoms with Crippen molar-refractivity contribution < 1.29 is 14.4 Å². The Balaban J connectivity index is 1.95. The Morgan fingerprint density at radius 3 is 2.55 bits per heavy atom. The minimum Gasteiger partial charge on any atom is -0.352 e. The quantitative estimate of drug-likeness (QED) is 0.518. The van der Waals surface area contributed by atoms with Crippen molar-refractivity contribution in [3.8, 4) is 0 Å². The van der Waals surface area contributed by atoms with Crippen LogP contribution in [0.3, 0.4) is 0 Å². The zero-order chi connectivity index (χ0) is 14.5. The highest BCUT2D eigenvalue weighted by Crippen LogP contribution is 2.10. The van der Waals surface area contributed by atoms with Gasteiger partial charge in [0.25, 0.3) is 0 Å². The van der Waals surface area contributed by atoms with Crippen LogP contribution in [0.15, 0.2) is 24.3 Å². The highest BCUT2D eigenvalue weighted by atomic mass is 16.2. The molecule has 1 heterocycles. The van der Waals surface area contributed by atoms with Gasteiger partial charge in [-0.1, -0.05) is 24.3 Å². The standard InChI is InChI=1S/C13H16N4O3/c14-13(20)16-6-9-4-2-1-3-8(9)5-11(18)17-10-7-15-12(10)19/h1-4,10H,5-7H2,(H,15,19)(H,17,18)(H3,14,16,20). The number of urea groups is 1. The van der Waals surface area contributed by atoms with Crippen molar-refractivity contribution in [2.45, 2.75) is 19.0 Å². The van der Waals surface area contributed by atoms with Gasteiger partial charge in [0.15, 0.2) is 0 Å². The van der Waals surface area contributed by atoms with Gasteiger partial charge >= 0.3 is 6.03 Å². The average molecular weight is 276 g/mol. The predicted octanol–water partition coefficient (Wildman–Crippen LogP) is -0.988. The number of amides is 4. The maximum atomic E-state index is 11.8. The monoisotopic (exact) mass is 276 g/mol. The Labute approximate surface area is 115 Å². The third-order valence-corrected chi connectivity index (χ3v) is 3.05. The number of β-lactam (4-membered cyclic amide) rings is 1. The van der Waals surface area contributed by atoms with Gasteiger partial charge in [0.05, 0.1) is 6.42 Å². The lowest BCUT2D eigenvalue weighted by Crippen LogP contribution is -2.62. The fourth-order valence-corrected chi connectivity index (χ4v) is 1.91. The van der Waals surface area contributed by atoms with Gasteiger partial charge < -0.3 is 21.7 Å². The van der Waals surface area contributed by atoms with E-state index in [0.717, 1.165) is 11.1 Å². The summed E-state index contributed by atoms with van der Waals surface area (Å²) in [5, 5.41) is 7.69. The van der Waals surface area contributed by atoms with Crippen molar-refractivity contribution >= 4 is 17.8 Å². The first-order chi connectivity index (χ1) is 9.56. The van der Waals surface area contributed by atoms with Crippen LogP contribution in [0.4, 0.5) is 4.79 Å². The molecule has 1 unspecified atom stereocenters. The fraction of sp³-hybridized carbons (Fsp3) is 0.308. The summed E-state index contributed by atoms with van der Waals surface area (Å²) in [6, 6.07) is 6.20. The number of nitrogens with two attached hydrogens (primary N) is 1. The van der Waals surface area contributed by atoms with Gasteiger partial charge in [-0.15, -0.1) is 0 Å². The molecule has 0 saturated carbocycles. The summed E-state index contributed by atoms with van der Waals surface area (Å²) in [5.74, 6) is -0.390. The maximum absolute atomic E-state index is 11.8. The number of primary amides is 1. The van der Waals surface area contributed by atoms with E-state index >= 15 is 0 Å². The number of benzene rings is 1. The van der Waals surface area contributed by atoms with Gasteiger partial charge in [0.2, 0.25) is 11.8 Å². The van der Waals surface area contributed by atoms with Gasteiger partial charge in [0.1, 0.15) is 6.04 Å².